The Morgan fingerprint density at radius 3 is 1.85 bits per heavy atom. The van der Waals surface area contributed by atoms with Crippen LogP contribution in [-0.2, 0) is 22.4 Å². The number of aryl methyl sites for hydroxylation is 1. The van der Waals surface area contributed by atoms with Crippen LogP contribution in [0.15, 0.2) is 41.3 Å². The van der Waals surface area contributed by atoms with Gasteiger partial charge in [-0.15, -0.1) is 0 Å². The molecule has 0 atom stereocenters. The van der Waals surface area contributed by atoms with Crippen LogP contribution in [0, 0.1) is 13.8 Å². The average molecular weight is 397 g/mol. The lowest BCUT2D eigenvalue weighted by Gasteiger charge is -2.19. The number of sulfonamides is 1. The van der Waals surface area contributed by atoms with Crippen molar-refractivity contribution in [2.75, 3.05) is 4.72 Å². The van der Waals surface area contributed by atoms with Crippen LogP contribution < -0.4 is 4.72 Å². The number of halogens is 6. The summed E-state index contributed by atoms with van der Waals surface area (Å²) in [5.74, 6) is 0. The molecule has 0 saturated heterocycles. The first-order valence-electron chi connectivity index (χ1n) is 7.10. The number of anilines is 1. The largest absolute Gasteiger partial charge is 0.416 e. The zero-order valence-electron chi connectivity index (χ0n) is 13.5. The molecule has 26 heavy (non-hydrogen) atoms. The summed E-state index contributed by atoms with van der Waals surface area (Å²) in [6.45, 7) is 2.59. The number of hydrogen-bond donors (Lipinski definition) is 1. The Balaban J connectivity index is 2.60. The lowest BCUT2D eigenvalue weighted by atomic mass is 10.0. The van der Waals surface area contributed by atoms with Gasteiger partial charge in [0.05, 0.1) is 21.7 Å². The van der Waals surface area contributed by atoms with Crippen molar-refractivity contribution in [3.63, 3.8) is 0 Å². The Kier molecular flexibility index (Phi) is 5.02. The van der Waals surface area contributed by atoms with Crippen LogP contribution in [0.1, 0.15) is 22.3 Å². The smallest absolute Gasteiger partial charge is 0.279 e. The number of hydrogen-bond acceptors (Lipinski definition) is 2. The summed E-state index contributed by atoms with van der Waals surface area (Å²) in [5.41, 5.74) is -3.86. The molecule has 0 aromatic heterocycles. The minimum absolute atomic E-state index is 0.0426. The first-order valence-corrected chi connectivity index (χ1v) is 8.58. The van der Waals surface area contributed by atoms with E-state index in [4.69, 9.17) is 0 Å². The normalized spacial score (nSPS) is 12.9. The highest BCUT2D eigenvalue weighted by Crippen LogP contribution is 2.40. The average Bonchev–Trinajstić information content (AvgIpc) is 2.47. The summed E-state index contributed by atoms with van der Waals surface area (Å²) in [5, 5.41) is 0. The van der Waals surface area contributed by atoms with Crippen LogP contribution in [0.2, 0.25) is 0 Å². The summed E-state index contributed by atoms with van der Waals surface area (Å²) in [4.78, 5) is -0.284. The first kappa shape index (κ1) is 20.1. The van der Waals surface area contributed by atoms with Gasteiger partial charge >= 0.3 is 12.4 Å². The monoisotopic (exact) mass is 397 g/mol. The van der Waals surface area contributed by atoms with Crippen molar-refractivity contribution in [1.29, 1.82) is 0 Å². The fourth-order valence-corrected chi connectivity index (χ4v) is 3.31. The molecule has 0 heterocycles. The van der Waals surface area contributed by atoms with Crippen LogP contribution in [0.25, 0.3) is 0 Å². The molecule has 0 fully saturated rings. The molecule has 2 aromatic rings. The van der Waals surface area contributed by atoms with Gasteiger partial charge in [-0.3, -0.25) is 4.72 Å². The van der Waals surface area contributed by atoms with Crippen LogP contribution in [0.3, 0.4) is 0 Å². The Labute approximate surface area is 145 Å². The summed E-state index contributed by atoms with van der Waals surface area (Å²) in [6.07, 6.45) is -10.1. The van der Waals surface area contributed by atoms with Crippen molar-refractivity contribution in [2.24, 2.45) is 0 Å². The van der Waals surface area contributed by atoms with E-state index < -0.39 is 44.8 Å². The van der Waals surface area contributed by atoms with E-state index in [2.05, 4.69) is 0 Å². The Bertz CT molecular complexity index is 915. The summed E-state index contributed by atoms with van der Waals surface area (Å²) < 4.78 is 104. The topological polar surface area (TPSA) is 46.2 Å². The van der Waals surface area contributed by atoms with E-state index in [0.717, 1.165) is 12.5 Å². The van der Waals surface area contributed by atoms with Crippen molar-refractivity contribution >= 4 is 15.7 Å². The maximum absolute atomic E-state index is 13.1. The third-order valence-electron chi connectivity index (χ3n) is 3.62. The zero-order chi connectivity index (χ0) is 19.9. The molecule has 3 nitrogen and oxygen atoms in total. The summed E-state index contributed by atoms with van der Waals surface area (Å²) in [6, 6.07) is 5.61. The predicted octanol–water partition coefficient (Wildman–Crippen LogP) is 5.14. The molecule has 0 saturated carbocycles. The van der Waals surface area contributed by atoms with Gasteiger partial charge in [0.15, 0.2) is 0 Å². The van der Waals surface area contributed by atoms with Gasteiger partial charge < -0.3 is 0 Å². The van der Waals surface area contributed by atoms with Crippen molar-refractivity contribution < 1.29 is 34.8 Å². The van der Waals surface area contributed by atoms with E-state index in [9.17, 15) is 34.8 Å². The number of nitrogens with one attached hydrogen (secondary N) is 1. The minimum Gasteiger partial charge on any atom is -0.279 e. The van der Waals surface area contributed by atoms with Gasteiger partial charge in [0.25, 0.3) is 10.0 Å². The molecule has 0 aliphatic heterocycles. The standard InChI is InChI=1S/C16H13F6NO2S/c1-9-3-5-12(6-4-9)26(24,25)23-14-8-11(15(17,18)19)7-13(10(14)2)16(20,21)22/h3-8,23H,1-2H3. The molecule has 2 aromatic carbocycles. The van der Waals surface area contributed by atoms with Gasteiger partial charge in [-0.1, -0.05) is 17.7 Å². The molecular formula is C16H13F6NO2S. The lowest BCUT2D eigenvalue weighted by Crippen LogP contribution is -2.18. The molecule has 0 bridgehead atoms. The van der Waals surface area contributed by atoms with Crippen LogP contribution in [0.4, 0.5) is 32.0 Å². The molecule has 0 radical (unpaired) electrons. The molecule has 0 spiro atoms. The van der Waals surface area contributed by atoms with Gasteiger partial charge in [-0.05, 0) is 43.7 Å². The molecular weight excluding hydrogens is 384 g/mol. The van der Waals surface area contributed by atoms with Gasteiger partial charge in [0.1, 0.15) is 0 Å². The molecule has 0 aliphatic carbocycles. The molecule has 0 unspecified atom stereocenters. The Hall–Kier alpha value is -2.23. The third kappa shape index (κ3) is 4.29. The van der Waals surface area contributed by atoms with Crippen LogP contribution >= 0.6 is 0 Å². The van der Waals surface area contributed by atoms with E-state index in [1.54, 1.807) is 6.92 Å². The molecule has 0 aliphatic rings. The lowest BCUT2D eigenvalue weighted by molar-refractivity contribution is -0.143. The fourth-order valence-electron chi connectivity index (χ4n) is 2.20. The van der Waals surface area contributed by atoms with Crippen LogP contribution in [0.5, 0.6) is 0 Å². The second-order valence-corrected chi connectivity index (χ2v) is 7.29. The highest BCUT2D eigenvalue weighted by molar-refractivity contribution is 7.92. The zero-order valence-corrected chi connectivity index (χ0v) is 14.3. The highest BCUT2D eigenvalue weighted by atomic mass is 32.2. The van der Waals surface area contributed by atoms with Crippen molar-refractivity contribution in [3.8, 4) is 0 Å². The van der Waals surface area contributed by atoms with E-state index in [1.807, 2.05) is 4.72 Å². The minimum atomic E-state index is -5.07. The molecule has 0 amide bonds. The maximum Gasteiger partial charge on any atom is 0.416 e. The Morgan fingerprint density at radius 2 is 1.38 bits per heavy atom. The van der Waals surface area contributed by atoms with E-state index in [-0.39, 0.29) is 11.0 Å². The number of rotatable bonds is 3. The maximum atomic E-state index is 13.1. The molecule has 142 valence electrons. The van der Waals surface area contributed by atoms with E-state index in [1.165, 1.54) is 24.3 Å². The molecule has 1 N–H and O–H groups in total. The van der Waals surface area contributed by atoms with Crippen molar-refractivity contribution in [2.45, 2.75) is 31.1 Å². The summed E-state index contributed by atoms with van der Waals surface area (Å²) in [7, 11) is -4.36. The molecule has 2 rings (SSSR count). The SMILES string of the molecule is Cc1ccc(S(=O)(=O)Nc2cc(C(F)(F)F)cc(C(F)(F)F)c2C)cc1. The second-order valence-electron chi connectivity index (χ2n) is 5.61. The Morgan fingerprint density at radius 1 is 0.846 bits per heavy atom. The van der Waals surface area contributed by atoms with Crippen molar-refractivity contribution in [3.05, 3.63) is 58.7 Å². The van der Waals surface area contributed by atoms with Gasteiger partial charge in [-0.2, -0.15) is 26.3 Å². The van der Waals surface area contributed by atoms with E-state index >= 15 is 0 Å². The van der Waals surface area contributed by atoms with Gasteiger partial charge in [-0.25, -0.2) is 8.42 Å². The van der Waals surface area contributed by atoms with Crippen molar-refractivity contribution in [1.82, 2.24) is 0 Å². The summed E-state index contributed by atoms with van der Waals surface area (Å²) >= 11 is 0. The number of benzene rings is 2. The fraction of sp³-hybridized carbons (Fsp3) is 0.250. The van der Waals surface area contributed by atoms with Crippen LogP contribution in [-0.4, -0.2) is 8.42 Å². The van der Waals surface area contributed by atoms with E-state index in [0.29, 0.717) is 6.07 Å². The number of alkyl halides is 6. The first-order chi connectivity index (χ1) is 11.7. The quantitative estimate of drug-likeness (QED) is 0.729. The predicted molar refractivity (Wildman–Crippen MR) is 83.2 cm³/mol. The molecule has 10 heteroatoms. The second kappa shape index (κ2) is 6.49. The van der Waals surface area contributed by atoms with Gasteiger partial charge in [0, 0.05) is 0 Å². The van der Waals surface area contributed by atoms with Gasteiger partial charge in [0.2, 0.25) is 0 Å². The third-order valence-corrected chi connectivity index (χ3v) is 5.00. The highest BCUT2D eigenvalue weighted by Gasteiger charge is 2.39.